The molecule has 3 N–H and O–H groups in total. The maximum absolute atomic E-state index is 2.41. The third kappa shape index (κ3) is 19.6. The summed E-state index contributed by atoms with van der Waals surface area (Å²) in [6, 6.07) is 0.912. The summed E-state index contributed by atoms with van der Waals surface area (Å²) in [5.74, 6) is 0. The van der Waals surface area contributed by atoms with Gasteiger partial charge in [-0.3, -0.25) is 0 Å². The Bertz CT molecular complexity index is 364. The third-order valence-corrected chi connectivity index (χ3v) is 8.68. The van der Waals surface area contributed by atoms with E-state index in [-0.39, 0.29) is 6.15 Å². The molecule has 0 rings (SSSR count). The number of quaternary nitrogens is 2. The van der Waals surface area contributed by atoms with Crippen molar-refractivity contribution in [2.45, 2.75) is 178 Å². The van der Waals surface area contributed by atoms with Crippen molar-refractivity contribution < 1.29 is 8.97 Å². The zero-order chi connectivity index (χ0) is 27.5. The highest BCUT2D eigenvalue weighted by molar-refractivity contribution is 4.61. The van der Waals surface area contributed by atoms with Crippen LogP contribution in [0.1, 0.15) is 171 Å². The fraction of sp³-hybridized carbons (Fsp3) is 1.00. The molecule has 0 amide bonds. The predicted octanol–water partition coefficient (Wildman–Crippen LogP) is 10.9. The molecule has 0 aromatic rings. The van der Waals surface area contributed by atoms with Gasteiger partial charge < -0.3 is 15.1 Å². The van der Waals surface area contributed by atoms with E-state index in [0.717, 1.165) is 6.04 Å². The van der Waals surface area contributed by atoms with Gasteiger partial charge in [0, 0.05) is 0 Å². The van der Waals surface area contributed by atoms with Crippen molar-refractivity contribution in [2.24, 2.45) is 0 Å². The molecule has 37 heavy (non-hydrogen) atoms. The van der Waals surface area contributed by atoms with Gasteiger partial charge in [-0.15, -0.1) is 0 Å². The first-order valence-corrected chi connectivity index (χ1v) is 17.2. The molecule has 0 radical (unpaired) electrons. The molecule has 0 saturated carbocycles. The van der Waals surface area contributed by atoms with E-state index in [9.17, 15) is 0 Å². The topological polar surface area (TPSA) is 35.0 Å². The van der Waals surface area contributed by atoms with Crippen LogP contribution in [0.15, 0.2) is 0 Å². The van der Waals surface area contributed by atoms with Gasteiger partial charge in [0.2, 0.25) is 0 Å². The molecule has 3 nitrogen and oxygen atoms in total. The predicted molar refractivity (Wildman–Crippen MR) is 173 cm³/mol. The monoisotopic (exact) mass is 530 g/mol. The summed E-state index contributed by atoms with van der Waals surface area (Å²) in [6.45, 7) is 31.1. The largest absolute Gasteiger partial charge is 0.344 e. The third-order valence-electron chi connectivity index (χ3n) is 8.68. The maximum Gasteiger partial charge on any atom is 0.0887 e. The van der Waals surface area contributed by atoms with Gasteiger partial charge in [0.15, 0.2) is 0 Å². The van der Waals surface area contributed by atoms with Gasteiger partial charge in [-0.05, 0) is 57.8 Å². The average Bonchev–Trinajstić information content (AvgIpc) is 2.91. The van der Waals surface area contributed by atoms with Crippen molar-refractivity contribution in [3.63, 3.8) is 0 Å². The number of unbranched alkanes of at least 4 members (excludes halogenated alkanes) is 7. The van der Waals surface area contributed by atoms with Crippen LogP contribution in [-0.4, -0.2) is 60.8 Å². The average molecular weight is 530 g/mol. The molecular weight excluding hydrogens is 450 g/mol. The summed E-state index contributed by atoms with van der Waals surface area (Å²) in [6.07, 6.45) is 23.5. The van der Waals surface area contributed by atoms with Crippen LogP contribution < -0.4 is 6.15 Å². The van der Waals surface area contributed by atoms with Crippen LogP contribution in [0.25, 0.3) is 0 Å². The molecule has 1 atom stereocenters. The molecular formula is C34H79N3+2. The Morgan fingerprint density at radius 2 is 0.649 bits per heavy atom. The standard InChI is InChI=1S/C18H40N.C16H36N.H3N/c1-6-11-15-19(16-12-7-2,17-13-8-3)18(10-5)14-9-4;1-5-9-13-17(14-10-6-2,15-11-7-3)16-12-8-4;/h18H,6-17H2,1-5H3;5-16H2,1-4H3;1H3/q2*+1;. The summed E-state index contributed by atoms with van der Waals surface area (Å²) in [5, 5.41) is 0. The Hall–Kier alpha value is -0.120. The van der Waals surface area contributed by atoms with Gasteiger partial charge in [0.25, 0.3) is 0 Å². The number of rotatable bonds is 25. The molecule has 1 unspecified atom stereocenters. The lowest BCUT2D eigenvalue weighted by molar-refractivity contribution is -0.952. The van der Waals surface area contributed by atoms with Gasteiger partial charge in [0.1, 0.15) is 0 Å². The Morgan fingerprint density at radius 3 is 0.865 bits per heavy atom. The van der Waals surface area contributed by atoms with E-state index in [1.807, 2.05) is 0 Å². The smallest absolute Gasteiger partial charge is 0.0887 e. The van der Waals surface area contributed by atoms with Crippen LogP contribution in [0.3, 0.4) is 0 Å². The van der Waals surface area contributed by atoms with E-state index in [1.165, 1.54) is 164 Å². The molecule has 0 aliphatic heterocycles. The second-order valence-electron chi connectivity index (χ2n) is 12.0. The Kier molecular flexibility index (Phi) is 32.3. The minimum Gasteiger partial charge on any atom is -0.344 e. The first-order valence-electron chi connectivity index (χ1n) is 17.2. The lowest BCUT2D eigenvalue weighted by Gasteiger charge is -2.45. The van der Waals surface area contributed by atoms with Crippen LogP contribution in [0.4, 0.5) is 0 Å². The molecule has 228 valence electrons. The summed E-state index contributed by atoms with van der Waals surface area (Å²) in [7, 11) is 0. The quantitative estimate of drug-likeness (QED) is 0.117. The fourth-order valence-electron chi connectivity index (χ4n) is 6.15. The van der Waals surface area contributed by atoms with E-state index in [4.69, 9.17) is 0 Å². The Labute approximate surface area is 238 Å². The minimum atomic E-state index is 0. The van der Waals surface area contributed by atoms with Gasteiger partial charge in [-0.1, -0.05) is 114 Å². The van der Waals surface area contributed by atoms with Gasteiger partial charge in [0.05, 0.1) is 51.9 Å². The molecule has 0 aliphatic carbocycles. The summed E-state index contributed by atoms with van der Waals surface area (Å²) in [5.41, 5.74) is 0. The zero-order valence-electron chi connectivity index (χ0n) is 28.1. The second-order valence-corrected chi connectivity index (χ2v) is 12.0. The molecule has 0 bridgehead atoms. The number of hydrogen-bond acceptors (Lipinski definition) is 1. The zero-order valence-corrected chi connectivity index (χ0v) is 28.1. The molecule has 0 aromatic heterocycles. The fourth-order valence-corrected chi connectivity index (χ4v) is 6.15. The molecule has 0 saturated heterocycles. The van der Waals surface area contributed by atoms with Crippen LogP contribution in [0, 0.1) is 0 Å². The highest BCUT2D eigenvalue weighted by Gasteiger charge is 2.33. The summed E-state index contributed by atoms with van der Waals surface area (Å²) < 4.78 is 2.85. The first kappa shape index (κ1) is 41.4. The van der Waals surface area contributed by atoms with Crippen molar-refractivity contribution in [2.75, 3.05) is 45.8 Å². The minimum absolute atomic E-state index is 0. The first-order chi connectivity index (χ1) is 17.4. The van der Waals surface area contributed by atoms with E-state index in [1.54, 1.807) is 0 Å². The molecule has 0 spiro atoms. The van der Waals surface area contributed by atoms with Crippen molar-refractivity contribution in [3.8, 4) is 0 Å². The number of nitrogens with zero attached hydrogens (tertiary/aromatic N) is 2. The lowest BCUT2D eigenvalue weighted by Crippen LogP contribution is -2.56. The molecule has 0 heterocycles. The maximum atomic E-state index is 2.41. The van der Waals surface area contributed by atoms with Crippen LogP contribution in [0.2, 0.25) is 0 Å². The van der Waals surface area contributed by atoms with Crippen LogP contribution in [0.5, 0.6) is 0 Å². The normalized spacial score (nSPS) is 12.6. The molecule has 0 fully saturated rings. The molecule has 0 aromatic carbocycles. The van der Waals surface area contributed by atoms with Crippen LogP contribution >= 0.6 is 0 Å². The Balaban J connectivity index is -0.000000612. The SMILES string of the molecule is CCCC[N+](CCCC)(CCCC)C(CC)CCC.CCCC[N+](CCCC)(CCCC)CCCC.N. The van der Waals surface area contributed by atoms with Crippen molar-refractivity contribution >= 4 is 0 Å². The van der Waals surface area contributed by atoms with Gasteiger partial charge in [-0.2, -0.15) is 0 Å². The van der Waals surface area contributed by atoms with Crippen molar-refractivity contribution in [3.05, 3.63) is 0 Å². The Morgan fingerprint density at radius 1 is 0.378 bits per heavy atom. The molecule has 3 heteroatoms. The van der Waals surface area contributed by atoms with Crippen molar-refractivity contribution in [1.29, 1.82) is 0 Å². The highest BCUT2D eigenvalue weighted by atomic mass is 15.4. The van der Waals surface area contributed by atoms with E-state index in [0.29, 0.717) is 0 Å². The summed E-state index contributed by atoms with van der Waals surface area (Å²) in [4.78, 5) is 0. The van der Waals surface area contributed by atoms with Crippen molar-refractivity contribution in [1.82, 2.24) is 6.15 Å². The van der Waals surface area contributed by atoms with Gasteiger partial charge >= 0.3 is 0 Å². The van der Waals surface area contributed by atoms with Crippen LogP contribution in [-0.2, 0) is 0 Å². The molecule has 0 aliphatic rings. The van der Waals surface area contributed by atoms with E-state index >= 15 is 0 Å². The highest BCUT2D eigenvalue weighted by Crippen LogP contribution is 2.25. The van der Waals surface area contributed by atoms with Gasteiger partial charge in [-0.25, -0.2) is 0 Å². The number of hydrogen-bond donors (Lipinski definition) is 1. The lowest BCUT2D eigenvalue weighted by atomic mass is 10.0. The summed E-state index contributed by atoms with van der Waals surface area (Å²) >= 11 is 0. The van der Waals surface area contributed by atoms with E-state index in [2.05, 4.69) is 62.3 Å². The second kappa shape index (κ2) is 28.9. The van der Waals surface area contributed by atoms with E-state index < -0.39 is 0 Å².